The van der Waals surface area contributed by atoms with Gasteiger partial charge in [-0.15, -0.1) is 22.7 Å². The molecule has 0 saturated carbocycles. The van der Waals surface area contributed by atoms with Crippen LogP contribution in [0.4, 0.5) is 0 Å². The minimum atomic E-state index is 0.158. The van der Waals surface area contributed by atoms with Crippen molar-refractivity contribution in [2.24, 2.45) is 0 Å². The molecule has 0 atom stereocenters. The molecule has 0 unspecified atom stereocenters. The monoisotopic (exact) mass is 319 g/mol. The van der Waals surface area contributed by atoms with Gasteiger partial charge in [0.1, 0.15) is 4.34 Å². The van der Waals surface area contributed by atoms with Crippen LogP contribution in [0.2, 0.25) is 0 Å². The van der Waals surface area contributed by atoms with Crippen molar-refractivity contribution in [1.29, 1.82) is 0 Å². The van der Waals surface area contributed by atoms with Crippen LogP contribution in [0.25, 0.3) is 0 Å². The average Bonchev–Trinajstić information content (AvgIpc) is 2.84. The summed E-state index contributed by atoms with van der Waals surface area (Å²) in [4.78, 5) is 16.6. The predicted octanol–water partition coefficient (Wildman–Crippen LogP) is 3.94. The number of thiophene rings is 1. The van der Waals surface area contributed by atoms with Crippen molar-refractivity contribution in [1.82, 2.24) is 4.98 Å². The lowest BCUT2D eigenvalue weighted by Crippen LogP contribution is -1.98. The second-order valence-corrected chi connectivity index (χ2v) is 7.19. The second-order valence-electron chi connectivity index (χ2n) is 2.61. The highest BCUT2D eigenvalue weighted by Crippen LogP contribution is 2.25. The van der Waals surface area contributed by atoms with Crippen molar-refractivity contribution in [3.05, 3.63) is 32.4 Å². The molecule has 2 aromatic rings. The quantitative estimate of drug-likeness (QED) is 0.631. The molecule has 0 amide bonds. The Balaban J connectivity index is 1.93. The zero-order valence-electron chi connectivity index (χ0n) is 7.47. The Morgan fingerprint density at radius 3 is 3.00 bits per heavy atom. The van der Waals surface area contributed by atoms with E-state index in [-0.39, 0.29) is 5.78 Å². The smallest absolute Gasteiger partial charge is 0.183 e. The molecule has 0 spiro atoms. The van der Waals surface area contributed by atoms with Gasteiger partial charge in [-0.05, 0) is 28.1 Å². The molecule has 6 heteroatoms. The topological polar surface area (TPSA) is 30.0 Å². The molecule has 15 heavy (non-hydrogen) atoms. The standard InChI is InChI=1S/C9H6BrNOS3/c10-8-2-1-7(15-8)6(12)5-14-9-11-3-4-13-9/h1-4H,5H2. The van der Waals surface area contributed by atoms with Crippen molar-refractivity contribution >= 4 is 56.1 Å². The van der Waals surface area contributed by atoms with E-state index < -0.39 is 0 Å². The van der Waals surface area contributed by atoms with Crippen LogP contribution in [-0.2, 0) is 0 Å². The van der Waals surface area contributed by atoms with Gasteiger partial charge in [-0.1, -0.05) is 11.8 Å². The summed E-state index contributed by atoms with van der Waals surface area (Å²) in [5, 5.41) is 1.91. The van der Waals surface area contributed by atoms with Gasteiger partial charge in [0.15, 0.2) is 5.78 Å². The highest BCUT2D eigenvalue weighted by Gasteiger charge is 2.09. The Labute approximate surface area is 108 Å². The van der Waals surface area contributed by atoms with Gasteiger partial charge in [-0.25, -0.2) is 4.98 Å². The van der Waals surface area contributed by atoms with E-state index in [1.807, 2.05) is 17.5 Å². The van der Waals surface area contributed by atoms with Crippen molar-refractivity contribution < 1.29 is 4.79 Å². The maximum atomic E-state index is 11.7. The van der Waals surface area contributed by atoms with E-state index in [0.717, 1.165) is 13.0 Å². The first-order chi connectivity index (χ1) is 7.25. The molecule has 0 aliphatic carbocycles. The molecule has 78 valence electrons. The number of hydrogen-bond acceptors (Lipinski definition) is 5. The van der Waals surface area contributed by atoms with E-state index in [1.165, 1.54) is 23.1 Å². The number of carbonyl (C=O) groups excluding carboxylic acids is 1. The zero-order chi connectivity index (χ0) is 10.7. The number of nitrogens with zero attached hydrogens (tertiary/aromatic N) is 1. The summed E-state index contributed by atoms with van der Waals surface area (Å²) < 4.78 is 1.93. The fourth-order valence-corrected chi connectivity index (χ4v) is 3.88. The SMILES string of the molecule is O=C(CSc1nccs1)c1ccc(Br)s1. The Kier molecular flexibility index (Phi) is 3.96. The normalized spacial score (nSPS) is 10.5. The van der Waals surface area contributed by atoms with Crippen molar-refractivity contribution in [3.63, 3.8) is 0 Å². The summed E-state index contributed by atoms with van der Waals surface area (Å²) in [7, 11) is 0. The fraction of sp³-hybridized carbons (Fsp3) is 0.111. The molecular weight excluding hydrogens is 314 g/mol. The molecule has 2 nitrogen and oxygen atoms in total. The average molecular weight is 320 g/mol. The first-order valence-corrected chi connectivity index (χ1v) is 7.54. The lowest BCUT2D eigenvalue weighted by atomic mass is 10.4. The summed E-state index contributed by atoms with van der Waals surface area (Å²) in [5.74, 6) is 0.617. The molecule has 2 heterocycles. The van der Waals surface area contributed by atoms with Crippen LogP contribution in [0.1, 0.15) is 9.67 Å². The lowest BCUT2D eigenvalue weighted by molar-refractivity contribution is 0.102. The van der Waals surface area contributed by atoms with Crippen molar-refractivity contribution in [3.8, 4) is 0 Å². The molecule has 0 aliphatic heterocycles. The van der Waals surface area contributed by atoms with Gasteiger partial charge in [0.25, 0.3) is 0 Å². The maximum absolute atomic E-state index is 11.7. The second kappa shape index (κ2) is 5.25. The molecule has 0 aliphatic rings. The Bertz CT molecular complexity index is 452. The number of ketones is 1. The largest absolute Gasteiger partial charge is 0.292 e. The molecule has 0 radical (unpaired) electrons. The van der Waals surface area contributed by atoms with E-state index in [4.69, 9.17) is 0 Å². The van der Waals surface area contributed by atoms with Gasteiger partial charge in [0.2, 0.25) is 0 Å². The van der Waals surface area contributed by atoms with Crippen molar-refractivity contribution in [2.75, 3.05) is 5.75 Å². The number of halogens is 1. The third kappa shape index (κ3) is 3.14. The number of aromatic nitrogens is 1. The zero-order valence-corrected chi connectivity index (χ0v) is 11.5. The molecule has 2 aromatic heterocycles. The summed E-state index contributed by atoms with van der Waals surface area (Å²) in [6, 6.07) is 3.74. The first-order valence-electron chi connectivity index (χ1n) is 4.06. The number of hydrogen-bond donors (Lipinski definition) is 0. The first kappa shape index (κ1) is 11.3. The molecule has 0 saturated heterocycles. The van der Waals surface area contributed by atoms with Gasteiger partial charge in [-0.3, -0.25) is 4.79 Å². The minimum absolute atomic E-state index is 0.158. The number of rotatable bonds is 4. The molecule has 0 bridgehead atoms. The van der Waals surface area contributed by atoms with E-state index in [1.54, 1.807) is 17.5 Å². The predicted molar refractivity (Wildman–Crippen MR) is 69.2 cm³/mol. The maximum Gasteiger partial charge on any atom is 0.183 e. The Morgan fingerprint density at radius 2 is 2.40 bits per heavy atom. The third-order valence-electron chi connectivity index (χ3n) is 1.58. The highest BCUT2D eigenvalue weighted by atomic mass is 79.9. The molecular formula is C9H6BrNOS3. The summed E-state index contributed by atoms with van der Waals surface area (Å²) >= 11 is 7.86. The van der Waals surface area contributed by atoms with Crippen LogP contribution in [0, 0.1) is 0 Å². The van der Waals surface area contributed by atoms with Crippen molar-refractivity contribution in [2.45, 2.75) is 4.34 Å². The van der Waals surface area contributed by atoms with Crippen LogP contribution in [-0.4, -0.2) is 16.5 Å². The molecule has 2 rings (SSSR count). The minimum Gasteiger partial charge on any atom is -0.292 e. The van der Waals surface area contributed by atoms with E-state index >= 15 is 0 Å². The van der Waals surface area contributed by atoms with Crippen LogP contribution in [0.3, 0.4) is 0 Å². The third-order valence-corrected chi connectivity index (χ3v) is 5.22. The van der Waals surface area contributed by atoms with Gasteiger partial charge >= 0.3 is 0 Å². The number of thiazole rings is 1. The Morgan fingerprint density at radius 1 is 1.53 bits per heavy atom. The van der Waals surface area contributed by atoms with Crippen LogP contribution in [0.15, 0.2) is 31.8 Å². The summed E-state index contributed by atoms with van der Waals surface area (Å²) in [6.45, 7) is 0. The molecule has 0 N–H and O–H groups in total. The van der Waals surface area contributed by atoms with Crippen LogP contribution >= 0.6 is 50.4 Å². The molecule has 0 fully saturated rings. The van der Waals surface area contributed by atoms with Gasteiger partial charge in [-0.2, -0.15) is 0 Å². The fourth-order valence-electron chi connectivity index (χ4n) is 0.944. The summed E-state index contributed by atoms with van der Waals surface area (Å²) in [5.41, 5.74) is 0. The van der Waals surface area contributed by atoms with Crippen LogP contribution < -0.4 is 0 Å². The van der Waals surface area contributed by atoms with Gasteiger partial charge < -0.3 is 0 Å². The van der Waals surface area contributed by atoms with Gasteiger partial charge in [0.05, 0.1) is 14.4 Å². The van der Waals surface area contributed by atoms with Crippen LogP contribution in [0.5, 0.6) is 0 Å². The van der Waals surface area contributed by atoms with Gasteiger partial charge in [0, 0.05) is 11.6 Å². The molecule has 0 aromatic carbocycles. The highest BCUT2D eigenvalue weighted by molar-refractivity contribution is 9.11. The summed E-state index contributed by atoms with van der Waals surface area (Å²) in [6.07, 6.45) is 1.75. The Hall–Kier alpha value is -0.170. The van der Waals surface area contributed by atoms with E-state index in [9.17, 15) is 4.79 Å². The number of Topliss-reactive ketones (excluding diaryl/α,β-unsaturated/α-hetero) is 1. The van der Waals surface area contributed by atoms with E-state index in [2.05, 4.69) is 20.9 Å². The lowest BCUT2D eigenvalue weighted by Gasteiger charge is -1.94. The number of carbonyl (C=O) groups is 1. The van der Waals surface area contributed by atoms with E-state index in [0.29, 0.717) is 5.75 Å². The number of thioether (sulfide) groups is 1.